The lowest BCUT2D eigenvalue weighted by Gasteiger charge is -2.67. The van der Waals surface area contributed by atoms with Crippen molar-refractivity contribution in [1.82, 2.24) is 0 Å². The summed E-state index contributed by atoms with van der Waals surface area (Å²) >= 11 is 0. The molecule has 3 aliphatic carbocycles. The van der Waals surface area contributed by atoms with Gasteiger partial charge in [-0.25, -0.2) is 4.79 Å². The van der Waals surface area contributed by atoms with Crippen LogP contribution in [0.3, 0.4) is 0 Å². The molecule has 13 nitrogen and oxygen atoms in total. The Kier molecular flexibility index (Phi) is 7.01. The first-order chi connectivity index (χ1) is 21.0. The van der Waals surface area contributed by atoms with Crippen molar-refractivity contribution in [2.45, 2.75) is 80.4 Å². The number of hydrogen-bond donors (Lipinski definition) is 5. The van der Waals surface area contributed by atoms with Gasteiger partial charge in [-0.2, -0.15) is 0 Å². The van der Waals surface area contributed by atoms with E-state index in [2.05, 4.69) is 0 Å². The van der Waals surface area contributed by atoms with E-state index in [1.54, 1.807) is 49.4 Å². The maximum atomic E-state index is 12.9. The van der Waals surface area contributed by atoms with Gasteiger partial charge in [-0.3, -0.25) is 0 Å². The maximum Gasteiger partial charge on any atom is 0.338 e. The second kappa shape index (κ2) is 10.3. The first kappa shape index (κ1) is 29.8. The van der Waals surface area contributed by atoms with Gasteiger partial charge in [0.15, 0.2) is 29.9 Å². The first-order valence-electron chi connectivity index (χ1n) is 14.6. The summed E-state index contributed by atoms with van der Waals surface area (Å²) in [5, 5.41) is 53.7. The van der Waals surface area contributed by atoms with Crippen molar-refractivity contribution in [3.63, 3.8) is 0 Å². The lowest BCUT2D eigenvalue weighted by atomic mass is 9.41. The van der Waals surface area contributed by atoms with E-state index in [4.69, 9.17) is 33.2 Å². The molecule has 2 aromatic rings. The zero-order valence-corrected chi connectivity index (χ0v) is 24.2. The molecule has 0 amide bonds. The molecule has 0 spiro atoms. The molecule has 11 atom stereocenters. The summed E-state index contributed by atoms with van der Waals surface area (Å²) < 4.78 is 41.5. The number of esters is 1. The van der Waals surface area contributed by atoms with Crippen LogP contribution in [0.25, 0.3) is 0 Å². The standard InChI is InChI=1S/C31H36O13/c1-28-14-30(37)21-11-31(28,29(21,27(43-28)44-30)15-40-25(36)17-6-4-3-5-7-17)42-26-24(35)23(34)22(33)20(41-26)13-39-12-16-8-9-18(32)19(10-16)38-2/h3-10,20-24,26-27,32-35,37H,11-15H2,1-2H3/t20-,21+,22-,23+,24-,26+,27-,28+,29+,30-,31-/m1/s1. The number of aliphatic hydroxyl groups is 4. The molecule has 7 aliphatic rings. The van der Waals surface area contributed by atoms with Crippen molar-refractivity contribution in [1.29, 1.82) is 0 Å². The van der Waals surface area contributed by atoms with Gasteiger partial charge in [-0.1, -0.05) is 24.3 Å². The van der Waals surface area contributed by atoms with Crippen LogP contribution in [0.5, 0.6) is 11.5 Å². The topological polar surface area (TPSA) is 183 Å². The van der Waals surface area contributed by atoms with E-state index in [0.29, 0.717) is 11.1 Å². The van der Waals surface area contributed by atoms with Crippen molar-refractivity contribution in [3.8, 4) is 11.5 Å². The normalized spacial score (nSPS) is 43.1. The van der Waals surface area contributed by atoms with Crippen LogP contribution < -0.4 is 4.74 Å². The Morgan fingerprint density at radius 3 is 2.57 bits per heavy atom. The van der Waals surface area contributed by atoms with Crippen LogP contribution >= 0.6 is 0 Å². The van der Waals surface area contributed by atoms with E-state index in [1.165, 1.54) is 13.2 Å². The Bertz CT molecular complexity index is 1420. The Morgan fingerprint density at radius 2 is 1.82 bits per heavy atom. The molecule has 4 heterocycles. The fourth-order valence-electron chi connectivity index (χ4n) is 7.97. The molecule has 2 aromatic carbocycles. The Hall–Kier alpha value is -2.85. The smallest absolute Gasteiger partial charge is 0.338 e. The molecule has 4 aliphatic heterocycles. The van der Waals surface area contributed by atoms with Gasteiger partial charge in [0.1, 0.15) is 42.2 Å². The molecule has 238 valence electrons. The number of aromatic hydroxyl groups is 1. The highest BCUT2D eigenvalue weighted by Gasteiger charge is 2.94. The zero-order valence-electron chi connectivity index (χ0n) is 24.2. The third-order valence-corrected chi connectivity index (χ3v) is 10.2. The molecule has 0 aromatic heterocycles. The van der Waals surface area contributed by atoms with Crippen molar-refractivity contribution < 1.29 is 63.5 Å². The largest absolute Gasteiger partial charge is 0.504 e. The highest BCUT2D eigenvalue weighted by Crippen LogP contribution is 2.81. The number of aliphatic hydroxyl groups excluding tert-OH is 3. The summed E-state index contributed by atoms with van der Waals surface area (Å²) in [6, 6.07) is 13.2. The quantitative estimate of drug-likeness (QED) is 0.234. The number of hydrogen-bond acceptors (Lipinski definition) is 13. The molecular formula is C31H36O13. The summed E-state index contributed by atoms with van der Waals surface area (Å²) in [6.45, 7) is 1.50. The molecule has 3 saturated carbocycles. The van der Waals surface area contributed by atoms with Gasteiger partial charge >= 0.3 is 5.97 Å². The summed E-state index contributed by atoms with van der Waals surface area (Å²) in [7, 11) is 1.43. The minimum Gasteiger partial charge on any atom is -0.504 e. The number of carbonyl (C=O) groups is 1. The highest BCUT2D eigenvalue weighted by molar-refractivity contribution is 5.89. The van der Waals surface area contributed by atoms with Crippen LogP contribution in [0, 0.1) is 11.3 Å². The summed E-state index contributed by atoms with van der Waals surface area (Å²) in [5.41, 5.74) is -2.41. The number of benzene rings is 2. The lowest BCUT2D eigenvalue weighted by Crippen LogP contribution is -2.80. The van der Waals surface area contributed by atoms with Gasteiger partial charge in [0, 0.05) is 12.3 Å². The molecule has 5 N–H and O–H groups in total. The van der Waals surface area contributed by atoms with E-state index in [-0.39, 0.29) is 44.2 Å². The predicted molar refractivity (Wildman–Crippen MR) is 146 cm³/mol. The van der Waals surface area contributed by atoms with Gasteiger partial charge in [-0.15, -0.1) is 0 Å². The number of carbonyl (C=O) groups excluding carboxylic acids is 1. The van der Waals surface area contributed by atoms with Gasteiger partial charge < -0.3 is 58.7 Å². The van der Waals surface area contributed by atoms with Crippen LogP contribution in [0.15, 0.2) is 48.5 Å². The van der Waals surface area contributed by atoms with Crippen molar-refractivity contribution in [2.24, 2.45) is 11.3 Å². The molecule has 9 rings (SSSR count). The van der Waals surface area contributed by atoms with Crippen LogP contribution in [-0.4, -0.2) is 106 Å². The third kappa shape index (κ3) is 4.08. The molecule has 0 radical (unpaired) electrons. The van der Waals surface area contributed by atoms with Crippen molar-refractivity contribution in [3.05, 3.63) is 59.7 Å². The van der Waals surface area contributed by atoms with Crippen molar-refractivity contribution in [2.75, 3.05) is 20.3 Å². The average molecular weight is 617 g/mol. The SMILES string of the molecule is COc1cc(COC[C@H]2O[C@@H](O[C@@]34C[C@H]5[C@@]3(COC(=O)c3ccccc3)[C@H]3O[C@]5(O)C[C@]4(C)O3)[C@H](O)[C@@H](O)[C@@H]2O)ccc1O. The second-order valence-corrected chi connectivity index (χ2v) is 12.5. The predicted octanol–water partition coefficient (Wildman–Crippen LogP) is 0.581. The summed E-state index contributed by atoms with van der Waals surface area (Å²) in [5.74, 6) is -2.30. The van der Waals surface area contributed by atoms with E-state index in [0.717, 1.165) is 0 Å². The van der Waals surface area contributed by atoms with Crippen molar-refractivity contribution >= 4 is 5.97 Å². The molecule has 13 heteroatoms. The van der Waals surface area contributed by atoms with Crippen LogP contribution in [0.1, 0.15) is 35.7 Å². The van der Waals surface area contributed by atoms with E-state index < -0.39 is 71.3 Å². The molecule has 7 fully saturated rings. The second-order valence-electron chi connectivity index (χ2n) is 12.5. The summed E-state index contributed by atoms with van der Waals surface area (Å²) in [4.78, 5) is 12.9. The highest BCUT2D eigenvalue weighted by atomic mass is 16.8. The number of methoxy groups -OCH3 is 1. The van der Waals surface area contributed by atoms with E-state index in [1.807, 2.05) is 0 Å². The number of rotatable bonds is 10. The van der Waals surface area contributed by atoms with Crippen LogP contribution in [0.2, 0.25) is 0 Å². The van der Waals surface area contributed by atoms with Gasteiger partial charge in [0.2, 0.25) is 0 Å². The minimum atomic E-state index is -1.64. The van der Waals surface area contributed by atoms with E-state index in [9.17, 15) is 30.3 Å². The molecule has 44 heavy (non-hydrogen) atoms. The van der Waals surface area contributed by atoms with E-state index >= 15 is 0 Å². The Labute approximate surface area is 252 Å². The average Bonchev–Trinajstić information content (AvgIpc) is 3.20. The van der Waals surface area contributed by atoms with Crippen LogP contribution in [0.4, 0.5) is 0 Å². The first-order valence-corrected chi connectivity index (χ1v) is 14.6. The number of phenols is 1. The maximum absolute atomic E-state index is 12.9. The third-order valence-electron chi connectivity index (χ3n) is 10.2. The Morgan fingerprint density at radius 1 is 1.05 bits per heavy atom. The monoisotopic (exact) mass is 616 g/mol. The zero-order chi connectivity index (χ0) is 31.1. The molecule has 4 saturated heterocycles. The number of ether oxygens (including phenoxy) is 7. The van der Waals surface area contributed by atoms with Crippen LogP contribution in [-0.2, 0) is 35.0 Å². The molecule has 6 bridgehead atoms. The summed E-state index contributed by atoms with van der Waals surface area (Å²) in [6.07, 6.45) is -7.87. The van der Waals surface area contributed by atoms with Gasteiger partial charge in [-0.05, 0) is 43.2 Å². The minimum absolute atomic E-state index is 0.0195. The van der Waals surface area contributed by atoms with Gasteiger partial charge in [0.05, 0.1) is 31.3 Å². The lowest BCUT2D eigenvalue weighted by molar-refractivity contribution is -0.424. The fourth-order valence-corrected chi connectivity index (χ4v) is 7.97. The molecule has 0 unspecified atom stereocenters. The Balaban J connectivity index is 1.10. The van der Waals surface area contributed by atoms with Gasteiger partial charge in [0.25, 0.3) is 0 Å². The fraction of sp³-hybridized carbons (Fsp3) is 0.581. The number of phenolic OH excluding ortho intramolecular Hbond substituents is 1. The molecular weight excluding hydrogens is 580 g/mol.